The van der Waals surface area contributed by atoms with Crippen molar-refractivity contribution in [1.29, 1.82) is 0 Å². The summed E-state index contributed by atoms with van der Waals surface area (Å²) in [5.41, 5.74) is 16.3. The SMILES string of the molecule is c1ccc(-c2cccc(N(c3ccc(-c4cccc(-c5cccc6ccccc56)c4)cc3)c3cccc(-c4cccc(-n5c6ccccc6c6cc7ccccc7cc65)c4)c3)c2)cc1. The van der Waals surface area contributed by atoms with Crippen LogP contribution in [0.15, 0.2) is 255 Å². The zero-order valence-electron chi connectivity index (χ0n) is 35.1. The Morgan fingerprint density at radius 3 is 1.53 bits per heavy atom. The Kier molecular flexibility index (Phi) is 9.20. The van der Waals surface area contributed by atoms with Crippen molar-refractivity contribution in [3.63, 3.8) is 0 Å². The second kappa shape index (κ2) is 15.8. The molecule has 0 bridgehead atoms. The van der Waals surface area contributed by atoms with Crippen molar-refractivity contribution in [2.24, 2.45) is 0 Å². The molecule has 1 aromatic heterocycles. The fraction of sp³-hybridized carbons (Fsp3) is 0. The van der Waals surface area contributed by atoms with Gasteiger partial charge in [0.05, 0.1) is 11.0 Å². The van der Waals surface area contributed by atoms with Crippen LogP contribution in [0.1, 0.15) is 0 Å². The molecule has 64 heavy (non-hydrogen) atoms. The van der Waals surface area contributed by atoms with Crippen molar-refractivity contribution in [3.8, 4) is 50.2 Å². The van der Waals surface area contributed by atoms with Gasteiger partial charge in [-0.2, -0.15) is 0 Å². The van der Waals surface area contributed by atoms with Gasteiger partial charge in [0.1, 0.15) is 0 Å². The van der Waals surface area contributed by atoms with Crippen molar-refractivity contribution in [2.75, 3.05) is 4.90 Å². The predicted octanol–water partition coefficient (Wildman–Crippen LogP) is 17.2. The van der Waals surface area contributed by atoms with Gasteiger partial charge in [0.25, 0.3) is 0 Å². The Labute approximate surface area is 373 Å². The fourth-order valence-corrected chi connectivity index (χ4v) is 9.63. The zero-order chi connectivity index (χ0) is 42.4. The highest BCUT2D eigenvalue weighted by Crippen LogP contribution is 2.41. The lowest BCUT2D eigenvalue weighted by molar-refractivity contribution is 1.18. The summed E-state index contributed by atoms with van der Waals surface area (Å²) in [6, 6.07) is 92.7. The van der Waals surface area contributed by atoms with E-state index in [0.29, 0.717) is 0 Å². The standard InChI is InChI=1S/C62H42N2/c1-2-15-43(16-3-1)47-22-11-26-54(38-47)63(53-35-33-44(34-36-53)46-21-10-25-52(37-46)58-31-14-20-45-17-6-7-29-57(45)58)55-27-12-23-48(39-55)49-24-13-28-56(40-49)64-61-32-9-8-30-59(61)60-41-50-18-4-5-19-51(50)42-62(60)64/h1-42H. The van der Waals surface area contributed by atoms with Crippen molar-refractivity contribution in [3.05, 3.63) is 255 Å². The third-order valence-electron chi connectivity index (χ3n) is 12.7. The van der Waals surface area contributed by atoms with E-state index in [2.05, 4.69) is 264 Å². The first-order valence-corrected chi connectivity index (χ1v) is 22.0. The Morgan fingerprint density at radius 2 is 0.766 bits per heavy atom. The summed E-state index contributed by atoms with van der Waals surface area (Å²) >= 11 is 0. The number of rotatable bonds is 8. The van der Waals surface area contributed by atoms with Crippen molar-refractivity contribution < 1.29 is 0 Å². The minimum absolute atomic E-state index is 1.09. The molecule has 0 aliphatic carbocycles. The highest BCUT2D eigenvalue weighted by Gasteiger charge is 2.17. The summed E-state index contributed by atoms with van der Waals surface area (Å²) in [5.74, 6) is 0. The van der Waals surface area contributed by atoms with Gasteiger partial charge in [-0.1, -0.05) is 182 Å². The average Bonchev–Trinajstić information content (AvgIpc) is 3.69. The first kappa shape index (κ1) is 37.3. The largest absolute Gasteiger partial charge is 0.310 e. The van der Waals surface area contributed by atoms with E-state index in [1.807, 2.05) is 0 Å². The Hall–Kier alpha value is -8.46. The molecule has 0 spiro atoms. The highest BCUT2D eigenvalue weighted by atomic mass is 15.1. The summed E-state index contributed by atoms with van der Waals surface area (Å²) < 4.78 is 2.42. The molecular formula is C62H42N2. The summed E-state index contributed by atoms with van der Waals surface area (Å²) in [4.78, 5) is 2.38. The number of fused-ring (bicyclic) bond motifs is 5. The van der Waals surface area contributed by atoms with E-state index in [0.717, 1.165) is 33.9 Å². The normalized spacial score (nSPS) is 11.4. The molecule has 0 fully saturated rings. The minimum atomic E-state index is 1.09. The van der Waals surface area contributed by atoms with Crippen LogP contribution < -0.4 is 4.90 Å². The first-order chi connectivity index (χ1) is 31.7. The zero-order valence-corrected chi connectivity index (χ0v) is 35.1. The van der Waals surface area contributed by atoms with Crippen LogP contribution in [-0.4, -0.2) is 4.57 Å². The van der Waals surface area contributed by atoms with Gasteiger partial charge in [-0.25, -0.2) is 0 Å². The van der Waals surface area contributed by atoms with Gasteiger partial charge in [0.2, 0.25) is 0 Å². The van der Waals surface area contributed by atoms with Crippen LogP contribution in [0, 0.1) is 0 Å². The topological polar surface area (TPSA) is 8.17 Å². The third kappa shape index (κ3) is 6.70. The third-order valence-corrected chi connectivity index (χ3v) is 12.7. The molecule has 0 unspecified atom stereocenters. The van der Waals surface area contributed by atoms with Gasteiger partial charge in [0, 0.05) is 33.5 Å². The van der Waals surface area contributed by atoms with E-state index in [1.54, 1.807) is 0 Å². The minimum Gasteiger partial charge on any atom is -0.310 e. The van der Waals surface area contributed by atoms with Crippen LogP contribution in [0.5, 0.6) is 0 Å². The quantitative estimate of drug-likeness (QED) is 0.148. The van der Waals surface area contributed by atoms with Crippen molar-refractivity contribution >= 4 is 60.4 Å². The van der Waals surface area contributed by atoms with Crippen LogP contribution >= 0.6 is 0 Å². The lowest BCUT2D eigenvalue weighted by atomic mass is 9.95. The number of para-hydroxylation sites is 1. The maximum atomic E-state index is 2.42. The molecule has 0 saturated heterocycles. The molecule has 12 aromatic rings. The first-order valence-electron chi connectivity index (χ1n) is 22.0. The monoisotopic (exact) mass is 814 g/mol. The van der Waals surface area contributed by atoms with E-state index in [4.69, 9.17) is 0 Å². The average molecular weight is 815 g/mol. The van der Waals surface area contributed by atoms with Gasteiger partial charge in [0.15, 0.2) is 0 Å². The summed E-state index contributed by atoms with van der Waals surface area (Å²) in [7, 11) is 0. The number of benzene rings is 11. The van der Waals surface area contributed by atoms with Crippen LogP contribution in [0.4, 0.5) is 17.1 Å². The molecule has 0 radical (unpaired) electrons. The Morgan fingerprint density at radius 1 is 0.250 bits per heavy atom. The van der Waals surface area contributed by atoms with Gasteiger partial charge < -0.3 is 9.47 Å². The lowest BCUT2D eigenvalue weighted by Gasteiger charge is -2.27. The Balaban J connectivity index is 0.950. The van der Waals surface area contributed by atoms with E-state index < -0.39 is 0 Å². The van der Waals surface area contributed by atoms with E-state index in [1.165, 1.54) is 76.7 Å². The molecule has 0 atom stereocenters. The molecule has 2 heteroatoms. The van der Waals surface area contributed by atoms with Gasteiger partial charge >= 0.3 is 0 Å². The molecular weight excluding hydrogens is 773 g/mol. The molecule has 11 aromatic carbocycles. The molecule has 0 saturated carbocycles. The van der Waals surface area contributed by atoms with Gasteiger partial charge in [-0.15, -0.1) is 0 Å². The van der Waals surface area contributed by atoms with Gasteiger partial charge in [-0.3, -0.25) is 0 Å². The maximum absolute atomic E-state index is 2.42. The summed E-state index contributed by atoms with van der Waals surface area (Å²) in [6.45, 7) is 0. The fourth-order valence-electron chi connectivity index (χ4n) is 9.63. The second-order valence-electron chi connectivity index (χ2n) is 16.6. The molecule has 1 heterocycles. The molecule has 0 aliphatic rings. The molecule has 12 rings (SSSR count). The number of anilines is 3. The van der Waals surface area contributed by atoms with Crippen LogP contribution in [0.3, 0.4) is 0 Å². The van der Waals surface area contributed by atoms with E-state index >= 15 is 0 Å². The number of aromatic nitrogens is 1. The van der Waals surface area contributed by atoms with Crippen LogP contribution in [0.25, 0.3) is 93.5 Å². The van der Waals surface area contributed by atoms with E-state index in [-0.39, 0.29) is 0 Å². The Bertz CT molecular complexity index is 3670. The number of nitrogens with zero attached hydrogens (tertiary/aromatic N) is 2. The van der Waals surface area contributed by atoms with Crippen LogP contribution in [0.2, 0.25) is 0 Å². The van der Waals surface area contributed by atoms with Crippen molar-refractivity contribution in [2.45, 2.75) is 0 Å². The smallest absolute Gasteiger partial charge is 0.0547 e. The van der Waals surface area contributed by atoms with Gasteiger partial charge in [-0.05, 0) is 139 Å². The molecule has 0 amide bonds. The number of hydrogen-bond donors (Lipinski definition) is 0. The molecule has 300 valence electrons. The van der Waals surface area contributed by atoms with Crippen LogP contribution in [-0.2, 0) is 0 Å². The van der Waals surface area contributed by atoms with Crippen molar-refractivity contribution in [1.82, 2.24) is 4.57 Å². The second-order valence-corrected chi connectivity index (χ2v) is 16.6. The summed E-state index contributed by atoms with van der Waals surface area (Å²) in [6.07, 6.45) is 0. The lowest BCUT2D eigenvalue weighted by Crippen LogP contribution is -2.10. The summed E-state index contributed by atoms with van der Waals surface area (Å²) in [5, 5.41) is 7.52. The highest BCUT2D eigenvalue weighted by molar-refractivity contribution is 6.13. The molecule has 2 nitrogen and oxygen atoms in total. The maximum Gasteiger partial charge on any atom is 0.0547 e. The predicted molar refractivity (Wildman–Crippen MR) is 272 cm³/mol. The number of hydrogen-bond acceptors (Lipinski definition) is 1. The molecule has 0 aliphatic heterocycles. The van der Waals surface area contributed by atoms with E-state index in [9.17, 15) is 0 Å². The molecule has 0 N–H and O–H groups in total.